The van der Waals surface area contributed by atoms with Crippen molar-refractivity contribution in [3.63, 3.8) is 0 Å². The predicted octanol–water partition coefficient (Wildman–Crippen LogP) is 4.72. The van der Waals surface area contributed by atoms with Crippen LogP contribution in [0.15, 0.2) is 72.9 Å². The fraction of sp³-hybridized carbons (Fsp3) is 0.192. The Hall–Kier alpha value is -3.73. The summed E-state index contributed by atoms with van der Waals surface area (Å²) in [6, 6.07) is 22.0. The molecule has 0 radical (unpaired) electrons. The van der Waals surface area contributed by atoms with E-state index in [1.54, 1.807) is 0 Å². The summed E-state index contributed by atoms with van der Waals surface area (Å²) in [6.45, 7) is 3.57. The minimum Gasteiger partial charge on any atom is -0.488 e. The van der Waals surface area contributed by atoms with E-state index in [-0.39, 0.29) is 5.91 Å². The maximum absolute atomic E-state index is 13.1. The van der Waals surface area contributed by atoms with E-state index in [9.17, 15) is 4.79 Å². The van der Waals surface area contributed by atoms with E-state index in [1.165, 1.54) is 0 Å². The van der Waals surface area contributed by atoms with Crippen molar-refractivity contribution in [3.05, 3.63) is 101 Å². The average molecular weight is 409 g/mol. The Bertz CT molecular complexity index is 1250. The second kappa shape index (κ2) is 8.19. The van der Waals surface area contributed by atoms with Crippen molar-refractivity contribution in [2.75, 3.05) is 6.54 Å². The zero-order valence-corrected chi connectivity index (χ0v) is 17.4. The standard InChI is InChI=1S/C26H23N3O2/c1-18-9-10-19(15-27-18)17-31-24-8-4-6-21-16-29(26(30)25(21)24)14-13-22-12-11-20-5-2-3-7-23(20)28-22/h2-12,15H,13-14,16-17H2,1H3. The molecule has 0 spiro atoms. The van der Waals surface area contributed by atoms with Gasteiger partial charge in [-0.1, -0.05) is 42.5 Å². The molecule has 0 fully saturated rings. The van der Waals surface area contributed by atoms with Crippen molar-refractivity contribution >= 4 is 16.8 Å². The van der Waals surface area contributed by atoms with Crippen LogP contribution in [-0.2, 0) is 19.6 Å². The largest absolute Gasteiger partial charge is 0.488 e. The van der Waals surface area contributed by atoms with Gasteiger partial charge in [0.2, 0.25) is 0 Å². The van der Waals surface area contributed by atoms with Gasteiger partial charge in [-0.05, 0) is 36.8 Å². The van der Waals surface area contributed by atoms with Crippen molar-refractivity contribution < 1.29 is 9.53 Å². The number of fused-ring (bicyclic) bond motifs is 2. The number of aromatic nitrogens is 2. The molecule has 0 aliphatic carbocycles. The first-order valence-corrected chi connectivity index (χ1v) is 10.5. The molecule has 0 N–H and O–H groups in total. The summed E-state index contributed by atoms with van der Waals surface area (Å²) in [5.74, 6) is 0.655. The summed E-state index contributed by atoms with van der Waals surface area (Å²) in [5, 5.41) is 1.13. The van der Waals surface area contributed by atoms with Gasteiger partial charge < -0.3 is 9.64 Å². The molecule has 0 bridgehead atoms. The van der Waals surface area contributed by atoms with E-state index in [4.69, 9.17) is 9.72 Å². The number of aryl methyl sites for hydroxylation is 1. The summed E-state index contributed by atoms with van der Waals surface area (Å²) < 4.78 is 6.00. The maximum atomic E-state index is 13.1. The van der Waals surface area contributed by atoms with Crippen LogP contribution in [0.3, 0.4) is 0 Å². The van der Waals surface area contributed by atoms with Gasteiger partial charge in [0.1, 0.15) is 12.4 Å². The van der Waals surface area contributed by atoms with Crippen molar-refractivity contribution in [1.29, 1.82) is 0 Å². The van der Waals surface area contributed by atoms with Crippen molar-refractivity contribution in [1.82, 2.24) is 14.9 Å². The van der Waals surface area contributed by atoms with Gasteiger partial charge in [0, 0.05) is 48.0 Å². The van der Waals surface area contributed by atoms with E-state index in [0.717, 1.165) is 39.8 Å². The number of carbonyl (C=O) groups is 1. The Morgan fingerprint density at radius 2 is 1.90 bits per heavy atom. The first kappa shape index (κ1) is 19.2. The number of hydrogen-bond acceptors (Lipinski definition) is 4. The molecule has 5 rings (SSSR count). The lowest BCUT2D eigenvalue weighted by Gasteiger charge is -2.15. The first-order chi connectivity index (χ1) is 15.2. The van der Waals surface area contributed by atoms with Crippen LogP contribution >= 0.6 is 0 Å². The monoisotopic (exact) mass is 409 g/mol. The van der Waals surface area contributed by atoms with Crippen molar-refractivity contribution in [3.8, 4) is 5.75 Å². The number of nitrogens with zero attached hydrogens (tertiary/aromatic N) is 3. The Morgan fingerprint density at radius 1 is 1.00 bits per heavy atom. The molecule has 31 heavy (non-hydrogen) atoms. The molecule has 154 valence electrons. The van der Waals surface area contributed by atoms with E-state index in [1.807, 2.05) is 72.6 Å². The number of pyridine rings is 2. The predicted molar refractivity (Wildman–Crippen MR) is 120 cm³/mol. The lowest BCUT2D eigenvalue weighted by molar-refractivity contribution is 0.0776. The Morgan fingerprint density at radius 3 is 2.77 bits per heavy atom. The highest BCUT2D eigenvalue weighted by Gasteiger charge is 2.30. The van der Waals surface area contributed by atoms with Crippen LogP contribution in [0.5, 0.6) is 5.75 Å². The smallest absolute Gasteiger partial charge is 0.258 e. The summed E-state index contributed by atoms with van der Waals surface area (Å²) in [7, 11) is 0. The van der Waals surface area contributed by atoms with Crippen LogP contribution in [0.4, 0.5) is 0 Å². The molecule has 5 heteroatoms. The quantitative estimate of drug-likeness (QED) is 0.463. The molecule has 2 aromatic carbocycles. The van der Waals surface area contributed by atoms with E-state index < -0.39 is 0 Å². The van der Waals surface area contributed by atoms with Gasteiger partial charge in [-0.3, -0.25) is 14.8 Å². The van der Waals surface area contributed by atoms with Crippen LogP contribution in [0.25, 0.3) is 10.9 Å². The first-order valence-electron chi connectivity index (χ1n) is 10.5. The van der Waals surface area contributed by atoms with Crippen molar-refractivity contribution in [2.45, 2.75) is 26.5 Å². The molecule has 1 amide bonds. The molecule has 2 aromatic heterocycles. The summed E-state index contributed by atoms with van der Waals surface area (Å²) in [6.07, 6.45) is 2.53. The second-order valence-electron chi connectivity index (χ2n) is 7.86. The van der Waals surface area contributed by atoms with Gasteiger partial charge in [0.15, 0.2) is 0 Å². The molecule has 1 aliphatic heterocycles. The molecule has 0 unspecified atom stereocenters. The van der Waals surface area contributed by atoms with Gasteiger partial charge in [-0.15, -0.1) is 0 Å². The summed E-state index contributed by atoms with van der Waals surface area (Å²) in [5.41, 5.74) is 5.61. The number of benzene rings is 2. The van der Waals surface area contributed by atoms with E-state index in [2.05, 4.69) is 17.1 Å². The number of amides is 1. The lowest BCUT2D eigenvalue weighted by atomic mass is 10.1. The SMILES string of the molecule is Cc1ccc(COc2cccc3c2C(=O)N(CCc2ccc4ccccc4n2)C3)cn1. The second-order valence-corrected chi connectivity index (χ2v) is 7.86. The molecule has 3 heterocycles. The zero-order valence-electron chi connectivity index (χ0n) is 17.4. The van der Waals surface area contributed by atoms with E-state index >= 15 is 0 Å². The highest BCUT2D eigenvalue weighted by atomic mass is 16.5. The average Bonchev–Trinajstić information content (AvgIpc) is 3.13. The van der Waals surface area contributed by atoms with Crippen LogP contribution in [0, 0.1) is 6.92 Å². The minimum absolute atomic E-state index is 0.0217. The number of rotatable bonds is 6. The van der Waals surface area contributed by atoms with Crippen LogP contribution in [0.1, 0.15) is 32.9 Å². The molecule has 0 atom stereocenters. The molecule has 1 aliphatic rings. The number of para-hydroxylation sites is 1. The Kier molecular flexibility index (Phi) is 5.08. The van der Waals surface area contributed by atoms with Gasteiger partial charge in [-0.2, -0.15) is 0 Å². The maximum Gasteiger partial charge on any atom is 0.258 e. The third kappa shape index (κ3) is 3.99. The zero-order chi connectivity index (χ0) is 21.2. The highest BCUT2D eigenvalue weighted by Crippen LogP contribution is 2.31. The molecular formula is C26H23N3O2. The fourth-order valence-electron chi connectivity index (χ4n) is 3.93. The van der Waals surface area contributed by atoms with Gasteiger partial charge in [0.25, 0.3) is 5.91 Å². The van der Waals surface area contributed by atoms with Crippen LogP contribution in [-0.4, -0.2) is 27.3 Å². The summed E-state index contributed by atoms with van der Waals surface area (Å²) >= 11 is 0. The fourth-order valence-corrected chi connectivity index (χ4v) is 3.93. The lowest BCUT2D eigenvalue weighted by Crippen LogP contribution is -2.26. The van der Waals surface area contributed by atoms with Crippen LogP contribution in [0.2, 0.25) is 0 Å². The third-order valence-electron chi connectivity index (χ3n) is 5.64. The number of hydrogen-bond donors (Lipinski definition) is 0. The molecule has 0 saturated carbocycles. The molecule has 4 aromatic rings. The molecule has 0 saturated heterocycles. The van der Waals surface area contributed by atoms with E-state index in [0.29, 0.717) is 31.0 Å². The van der Waals surface area contributed by atoms with Gasteiger partial charge in [0.05, 0.1) is 11.1 Å². The third-order valence-corrected chi connectivity index (χ3v) is 5.64. The van der Waals surface area contributed by atoms with Crippen LogP contribution < -0.4 is 4.74 Å². The topological polar surface area (TPSA) is 55.3 Å². The Labute approximate surface area is 181 Å². The molecule has 5 nitrogen and oxygen atoms in total. The Balaban J connectivity index is 1.28. The number of ether oxygens (including phenoxy) is 1. The van der Waals surface area contributed by atoms with Gasteiger partial charge >= 0.3 is 0 Å². The molecular weight excluding hydrogens is 386 g/mol. The normalized spacial score (nSPS) is 12.9. The van der Waals surface area contributed by atoms with Gasteiger partial charge in [-0.25, -0.2) is 0 Å². The van der Waals surface area contributed by atoms with Crippen molar-refractivity contribution in [2.24, 2.45) is 0 Å². The number of carbonyl (C=O) groups excluding carboxylic acids is 1. The highest BCUT2D eigenvalue weighted by molar-refractivity contribution is 6.01. The summed E-state index contributed by atoms with van der Waals surface area (Å²) in [4.78, 5) is 24.0. The minimum atomic E-state index is 0.0217.